The van der Waals surface area contributed by atoms with Crippen molar-refractivity contribution in [3.8, 4) is 11.5 Å². The maximum atomic E-state index is 11.6. The average molecular weight is 248 g/mol. The molecule has 96 valence electrons. The van der Waals surface area contributed by atoms with Gasteiger partial charge in [-0.2, -0.15) is 0 Å². The first-order valence-corrected chi connectivity index (χ1v) is 6.22. The van der Waals surface area contributed by atoms with Crippen LogP contribution in [-0.2, 0) is 11.2 Å². The molecule has 1 aromatic rings. The van der Waals surface area contributed by atoms with E-state index in [1.54, 1.807) is 0 Å². The monoisotopic (exact) mass is 248 g/mol. The van der Waals surface area contributed by atoms with Crippen LogP contribution < -0.4 is 20.1 Å². The molecule has 18 heavy (non-hydrogen) atoms. The van der Waals surface area contributed by atoms with Crippen LogP contribution in [0.5, 0.6) is 11.5 Å². The molecule has 0 spiro atoms. The van der Waals surface area contributed by atoms with E-state index in [4.69, 9.17) is 9.47 Å². The molecule has 2 heterocycles. The second-order valence-corrected chi connectivity index (χ2v) is 4.52. The highest BCUT2D eigenvalue weighted by Gasteiger charge is 2.21. The lowest BCUT2D eigenvalue weighted by Crippen LogP contribution is -2.52. The number of aryl methyl sites for hydroxylation is 1. The zero-order chi connectivity index (χ0) is 12.4. The Kier molecular flexibility index (Phi) is 3.06. The topological polar surface area (TPSA) is 59.6 Å². The number of rotatable bonds is 3. The minimum absolute atomic E-state index is 0.0795. The molecule has 0 radical (unpaired) electrons. The number of carbonyl (C=O) groups excluding carboxylic acids is 1. The molecule has 1 saturated heterocycles. The van der Waals surface area contributed by atoms with Gasteiger partial charge >= 0.3 is 0 Å². The van der Waals surface area contributed by atoms with E-state index in [0.717, 1.165) is 37.4 Å². The van der Waals surface area contributed by atoms with E-state index in [-0.39, 0.29) is 11.9 Å². The summed E-state index contributed by atoms with van der Waals surface area (Å²) in [6.45, 7) is 1.86. The summed E-state index contributed by atoms with van der Waals surface area (Å²) < 4.78 is 10.6. The van der Waals surface area contributed by atoms with Gasteiger partial charge in [0.25, 0.3) is 0 Å². The van der Waals surface area contributed by atoms with Gasteiger partial charge in [-0.05, 0) is 30.5 Å². The van der Waals surface area contributed by atoms with Crippen LogP contribution in [0.1, 0.15) is 12.0 Å². The molecule has 5 heteroatoms. The van der Waals surface area contributed by atoms with E-state index in [9.17, 15) is 4.79 Å². The van der Waals surface area contributed by atoms with E-state index in [1.807, 2.05) is 18.2 Å². The van der Waals surface area contributed by atoms with Crippen LogP contribution in [0.25, 0.3) is 0 Å². The van der Waals surface area contributed by atoms with Crippen molar-refractivity contribution < 1.29 is 14.3 Å². The number of nitrogens with one attached hydrogen (secondary N) is 2. The third-order valence-electron chi connectivity index (χ3n) is 3.29. The SMILES string of the molecule is O=C1NCCNC1CCc1ccc2c(c1)OCO2. The minimum atomic E-state index is -0.0795. The zero-order valence-corrected chi connectivity index (χ0v) is 10.1. The summed E-state index contributed by atoms with van der Waals surface area (Å²) in [5.74, 6) is 1.70. The molecule has 5 nitrogen and oxygen atoms in total. The molecule has 0 aromatic heterocycles. The third-order valence-corrected chi connectivity index (χ3v) is 3.29. The zero-order valence-electron chi connectivity index (χ0n) is 10.1. The van der Waals surface area contributed by atoms with Crippen molar-refractivity contribution in [1.29, 1.82) is 0 Å². The molecule has 1 unspecified atom stereocenters. The van der Waals surface area contributed by atoms with Crippen molar-refractivity contribution >= 4 is 5.91 Å². The van der Waals surface area contributed by atoms with Gasteiger partial charge in [0.1, 0.15) is 0 Å². The summed E-state index contributed by atoms with van der Waals surface area (Å²) in [6.07, 6.45) is 1.65. The van der Waals surface area contributed by atoms with Crippen molar-refractivity contribution in [2.24, 2.45) is 0 Å². The van der Waals surface area contributed by atoms with E-state index < -0.39 is 0 Å². The fourth-order valence-electron chi connectivity index (χ4n) is 2.29. The fourth-order valence-corrected chi connectivity index (χ4v) is 2.29. The molecule has 0 saturated carbocycles. The number of carbonyl (C=O) groups is 1. The number of fused-ring (bicyclic) bond motifs is 1. The summed E-state index contributed by atoms with van der Waals surface area (Å²) in [5.41, 5.74) is 1.17. The first kappa shape index (κ1) is 11.3. The van der Waals surface area contributed by atoms with Gasteiger partial charge in [-0.25, -0.2) is 0 Å². The second kappa shape index (κ2) is 4.86. The van der Waals surface area contributed by atoms with Crippen molar-refractivity contribution in [2.75, 3.05) is 19.9 Å². The highest BCUT2D eigenvalue weighted by Crippen LogP contribution is 2.32. The molecular formula is C13H16N2O3. The van der Waals surface area contributed by atoms with Crippen LogP contribution in [0.15, 0.2) is 18.2 Å². The van der Waals surface area contributed by atoms with Crippen LogP contribution in [0.3, 0.4) is 0 Å². The number of amides is 1. The summed E-state index contributed by atoms with van der Waals surface area (Å²) in [7, 11) is 0. The van der Waals surface area contributed by atoms with Crippen LogP contribution in [0, 0.1) is 0 Å². The fraction of sp³-hybridized carbons (Fsp3) is 0.462. The molecule has 0 bridgehead atoms. The van der Waals surface area contributed by atoms with E-state index >= 15 is 0 Å². The Morgan fingerprint density at radius 2 is 2.11 bits per heavy atom. The Bertz CT molecular complexity index is 462. The minimum Gasteiger partial charge on any atom is -0.454 e. The molecule has 1 fully saturated rings. The lowest BCUT2D eigenvalue weighted by molar-refractivity contribution is -0.124. The van der Waals surface area contributed by atoms with E-state index in [1.165, 1.54) is 5.56 Å². The summed E-state index contributed by atoms with van der Waals surface area (Å²) >= 11 is 0. The number of hydrogen-bond acceptors (Lipinski definition) is 4. The van der Waals surface area contributed by atoms with Crippen LogP contribution in [0.2, 0.25) is 0 Å². The van der Waals surface area contributed by atoms with Gasteiger partial charge in [0.05, 0.1) is 6.04 Å². The van der Waals surface area contributed by atoms with Crippen molar-refractivity contribution in [2.45, 2.75) is 18.9 Å². The average Bonchev–Trinajstić information content (AvgIpc) is 2.85. The Morgan fingerprint density at radius 3 is 3.00 bits per heavy atom. The highest BCUT2D eigenvalue weighted by molar-refractivity contribution is 5.82. The lowest BCUT2D eigenvalue weighted by atomic mass is 10.0. The van der Waals surface area contributed by atoms with Crippen LogP contribution in [0.4, 0.5) is 0 Å². The highest BCUT2D eigenvalue weighted by atomic mass is 16.7. The van der Waals surface area contributed by atoms with Gasteiger partial charge in [0.15, 0.2) is 11.5 Å². The van der Waals surface area contributed by atoms with Crippen molar-refractivity contribution in [3.63, 3.8) is 0 Å². The standard InChI is InChI=1S/C13H16N2O3/c16-13-10(14-5-6-15-13)3-1-9-2-4-11-12(7-9)18-8-17-11/h2,4,7,10,14H,1,3,5-6,8H2,(H,15,16). The van der Waals surface area contributed by atoms with Gasteiger partial charge in [0, 0.05) is 13.1 Å². The Morgan fingerprint density at radius 1 is 1.22 bits per heavy atom. The van der Waals surface area contributed by atoms with Gasteiger partial charge in [-0.3, -0.25) is 4.79 Å². The van der Waals surface area contributed by atoms with Gasteiger partial charge < -0.3 is 20.1 Å². The molecule has 2 aliphatic heterocycles. The molecule has 3 rings (SSSR count). The molecule has 1 amide bonds. The van der Waals surface area contributed by atoms with Gasteiger partial charge in [-0.1, -0.05) is 6.07 Å². The second-order valence-electron chi connectivity index (χ2n) is 4.52. The maximum Gasteiger partial charge on any atom is 0.237 e. The predicted octanol–water partition coefficient (Wildman–Crippen LogP) is 0.436. The quantitative estimate of drug-likeness (QED) is 0.814. The number of hydrogen-bond donors (Lipinski definition) is 2. The van der Waals surface area contributed by atoms with Gasteiger partial charge in [-0.15, -0.1) is 0 Å². The smallest absolute Gasteiger partial charge is 0.237 e. The Hall–Kier alpha value is -1.75. The maximum absolute atomic E-state index is 11.6. The summed E-state index contributed by atoms with van der Waals surface area (Å²) in [6, 6.07) is 5.85. The first-order chi connectivity index (χ1) is 8.83. The number of ether oxygens (including phenoxy) is 2. The summed E-state index contributed by atoms with van der Waals surface area (Å²) in [4.78, 5) is 11.6. The predicted molar refractivity (Wildman–Crippen MR) is 65.7 cm³/mol. The van der Waals surface area contributed by atoms with Crippen molar-refractivity contribution in [1.82, 2.24) is 10.6 Å². The molecule has 1 atom stereocenters. The largest absolute Gasteiger partial charge is 0.454 e. The Labute approximate surface area is 105 Å². The van der Waals surface area contributed by atoms with Crippen LogP contribution in [-0.4, -0.2) is 31.8 Å². The van der Waals surface area contributed by atoms with E-state index in [0.29, 0.717) is 6.79 Å². The lowest BCUT2D eigenvalue weighted by Gasteiger charge is -2.23. The normalized spacial score (nSPS) is 21.8. The molecule has 2 N–H and O–H groups in total. The molecule has 0 aliphatic carbocycles. The molecule has 1 aromatic carbocycles. The third kappa shape index (κ3) is 2.26. The number of piperazine rings is 1. The molecule has 2 aliphatic rings. The van der Waals surface area contributed by atoms with Crippen molar-refractivity contribution in [3.05, 3.63) is 23.8 Å². The van der Waals surface area contributed by atoms with Gasteiger partial charge in [0.2, 0.25) is 12.7 Å². The first-order valence-electron chi connectivity index (χ1n) is 6.22. The number of benzene rings is 1. The van der Waals surface area contributed by atoms with Crippen LogP contribution >= 0.6 is 0 Å². The van der Waals surface area contributed by atoms with E-state index in [2.05, 4.69) is 10.6 Å². The molecular weight excluding hydrogens is 232 g/mol. The summed E-state index contributed by atoms with van der Waals surface area (Å²) in [5, 5.41) is 6.09. The Balaban J connectivity index is 1.61.